The second kappa shape index (κ2) is 11.7. The van der Waals surface area contributed by atoms with Crippen LogP contribution in [0.5, 0.6) is 5.75 Å². The highest BCUT2D eigenvalue weighted by Gasteiger charge is 2.33. The van der Waals surface area contributed by atoms with E-state index in [1.165, 1.54) is 11.3 Å². The van der Waals surface area contributed by atoms with Crippen LogP contribution in [0.3, 0.4) is 0 Å². The fourth-order valence-electron chi connectivity index (χ4n) is 5.18. The molecule has 0 fully saturated rings. The van der Waals surface area contributed by atoms with Crippen molar-refractivity contribution in [1.29, 1.82) is 0 Å². The van der Waals surface area contributed by atoms with Crippen molar-refractivity contribution in [2.24, 2.45) is 4.99 Å². The molecule has 0 N–H and O–H groups in total. The predicted octanol–water partition coefficient (Wildman–Crippen LogP) is 4.97. The Kier molecular flexibility index (Phi) is 7.65. The first-order valence-corrected chi connectivity index (χ1v) is 14.8. The smallest absolute Gasteiger partial charge is 0.338 e. The summed E-state index contributed by atoms with van der Waals surface area (Å²) in [5, 5.41) is 4.91. The Balaban J connectivity index is 1.55. The number of carbonyl (C=O) groups is 1. The van der Waals surface area contributed by atoms with Crippen LogP contribution >= 0.6 is 11.3 Å². The highest BCUT2D eigenvalue weighted by atomic mass is 32.1. The van der Waals surface area contributed by atoms with E-state index in [9.17, 15) is 9.59 Å². The van der Waals surface area contributed by atoms with Crippen LogP contribution in [-0.4, -0.2) is 34.0 Å². The van der Waals surface area contributed by atoms with Gasteiger partial charge in [-0.05, 0) is 56.7 Å². The second-order valence-corrected chi connectivity index (χ2v) is 11.2. The zero-order valence-electron chi connectivity index (χ0n) is 24.3. The van der Waals surface area contributed by atoms with E-state index in [4.69, 9.17) is 19.6 Å². The number of aryl methyl sites for hydroxylation is 1. The number of hydrogen-bond acceptors (Lipinski definition) is 7. The maximum Gasteiger partial charge on any atom is 0.338 e. The summed E-state index contributed by atoms with van der Waals surface area (Å²) >= 11 is 1.29. The summed E-state index contributed by atoms with van der Waals surface area (Å²) < 4.78 is 14.6. The van der Waals surface area contributed by atoms with Gasteiger partial charge >= 0.3 is 5.97 Å². The molecule has 1 aliphatic heterocycles. The topological polar surface area (TPSA) is 87.7 Å². The fraction of sp³-hybridized carbons (Fsp3) is 0.176. The van der Waals surface area contributed by atoms with Crippen LogP contribution in [-0.2, 0) is 9.53 Å². The molecule has 0 saturated heterocycles. The lowest BCUT2D eigenvalue weighted by atomic mass is 9.96. The van der Waals surface area contributed by atoms with Gasteiger partial charge in [0, 0.05) is 17.3 Å². The highest BCUT2D eigenvalue weighted by Crippen LogP contribution is 2.32. The van der Waals surface area contributed by atoms with Gasteiger partial charge in [-0.2, -0.15) is 5.10 Å². The van der Waals surface area contributed by atoms with Gasteiger partial charge in [-0.15, -0.1) is 0 Å². The highest BCUT2D eigenvalue weighted by molar-refractivity contribution is 7.07. The molecular weight excluding hydrogens is 560 g/mol. The first kappa shape index (κ1) is 28.1. The normalized spacial score (nSPS) is 14.8. The number of methoxy groups -OCH3 is 1. The van der Waals surface area contributed by atoms with Crippen molar-refractivity contribution < 1.29 is 14.3 Å². The number of nitrogens with zero attached hydrogens (tertiary/aromatic N) is 4. The lowest BCUT2D eigenvalue weighted by Gasteiger charge is -2.24. The van der Waals surface area contributed by atoms with Gasteiger partial charge in [0.25, 0.3) is 5.56 Å². The zero-order valence-corrected chi connectivity index (χ0v) is 25.1. The van der Waals surface area contributed by atoms with Gasteiger partial charge in [0.15, 0.2) is 4.80 Å². The molecule has 1 aliphatic rings. The van der Waals surface area contributed by atoms with E-state index in [0.29, 0.717) is 26.4 Å². The van der Waals surface area contributed by atoms with E-state index in [1.54, 1.807) is 25.5 Å². The summed E-state index contributed by atoms with van der Waals surface area (Å²) in [7, 11) is 1.59. The van der Waals surface area contributed by atoms with Gasteiger partial charge in [-0.25, -0.2) is 14.5 Å². The molecule has 0 aliphatic carbocycles. The summed E-state index contributed by atoms with van der Waals surface area (Å²) in [6, 6.07) is 24.7. The molecule has 0 bridgehead atoms. The lowest BCUT2D eigenvalue weighted by Crippen LogP contribution is -2.39. The standard InChI is InChI=1S/C34H30N4O4S/c1-5-42-33(40)29-22(3)35-34-38(31(29)24-15-17-27(41-4)18-16-24)32(39)28(43-34)19-25-20-37(26-9-7-6-8-10-26)36-30(25)23-13-11-21(2)12-14-23/h6-20,31H,5H2,1-4H3/b28-19+/t31-/m0/s1. The summed E-state index contributed by atoms with van der Waals surface area (Å²) in [6.07, 6.45) is 3.79. The number of para-hydroxylation sites is 1. The monoisotopic (exact) mass is 590 g/mol. The van der Waals surface area contributed by atoms with E-state index in [0.717, 1.165) is 33.6 Å². The first-order valence-electron chi connectivity index (χ1n) is 13.9. The molecule has 9 heteroatoms. The van der Waals surface area contributed by atoms with E-state index >= 15 is 0 Å². The van der Waals surface area contributed by atoms with E-state index < -0.39 is 12.0 Å². The van der Waals surface area contributed by atoms with Gasteiger partial charge in [0.1, 0.15) is 5.75 Å². The number of thiazole rings is 1. The number of hydrogen-bond donors (Lipinski definition) is 0. The van der Waals surface area contributed by atoms with Crippen molar-refractivity contribution in [2.45, 2.75) is 26.8 Å². The van der Waals surface area contributed by atoms with Gasteiger partial charge in [-0.1, -0.05) is 71.5 Å². The average Bonchev–Trinajstić information content (AvgIpc) is 3.58. The molecule has 8 nitrogen and oxygen atoms in total. The van der Waals surface area contributed by atoms with Gasteiger partial charge in [0.05, 0.1) is 46.9 Å². The van der Waals surface area contributed by atoms with Gasteiger partial charge in [0.2, 0.25) is 0 Å². The van der Waals surface area contributed by atoms with E-state index in [-0.39, 0.29) is 12.2 Å². The Bertz CT molecular complexity index is 2020. The Labute approximate surface area is 252 Å². The van der Waals surface area contributed by atoms with Crippen molar-refractivity contribution in [1.82, 2.24) is 14.3 Å². The van der Waals surface area contributed by atoms with Crippen LogP contribution in [0, 0.1) is 6.92 Å². The molecular formula is C34H30N4O4S. The number of carbonyl (C=O) groups excluding carboxylic acids is 1. The Morgan fingerprint density at radius 3 is 2.40 bits per heavy atom. The number of ether oxygens (including phenoxy) is 2. The second-order valence-electron chi connectivity index (χ2n) is 10.2. The van der Waals surface area contributed by atoms with Crippen molar-refractivity contribution in [2.75, 3.05) is 13.7 Å². The molecule has 0 spiro atoms. The van der Waals surface area contributed by atoms with Crippen LogP contribution < -0.4 is 19.6 Å². The van der Waals surface area contributed by atoms with Gasteiger partial charge < -0.3 is 9.47 Å². The van der Waals surface area contributed by atoms with Crippen LogP contribution in [0.15, 0.2) is 106 Å². The Morgan fingerprint density at radius 1 is 1.00 bits per heavy atom. The number of benzene rings is 3. The average molecular weight is 591 g/mol. The molecule has 0 unspecified atom stereocenters. The number of fused-ring (bicyclic) bond motifs is 1. The molecule has 0 amide bonds. The fourth-order valence-corrected chi connectivity index (χ4v) is 6.21. The summed E-state index contributed by atoms with van der Waals surface area (Å²) in [5.41, 5.74) is 5.90. The number of esters is 1. The van der Waals surface area contributed by atoms with Crippen LogP contribution in [0.2, 0.25) is 0 Å². The minimum Gasteiger partial charge on any atom is -0.497 e. The molecule has 2 aromatic heterocycles. The van der Waals surface area contributed by atoms with Crippen LogP contribution in [0.1, 0.15) is 36.6 Å². The predicted molar refractivity (Wildman–Crippen MR) is 167 cm³/mol. The molecule has 3 heterocycles. The third-order valence-corrected chi connectivity index (χ3v) is 8.31. The molecule has 5 aromatic rings. The van der Waals surface area contributed by atoms with Crippen molar-refractivity contribution >= 4 is 23.4 Å². The third-order valence-electron chi connectivity index (χ3n) is 7.32. The van der Waals surface area contributed by atoms with E-state index in [1.807, 2.05) is 103 Å². The Hall–Kier alpha value is -5.02. The molecule has 3 aromatic carbocycles. The SMILES string of the molecule is CCOC(=O)C1=C(C)N=c2s/c(=C/c3cn(-c4ccccc4)nc3-c3ccc(C)cc3)c(=O)n2[C@H]1c1ccc(OC)cc1. The first-order chi connectivity index (χ1) is 20.9. The molecule has 6 rings (SSSR count). The van der Waals surface area contributed by atoms with Crippen LogP contribution in [0.25, 0.3) is 23.0 Å². The number of allylic oxidation sites excluding steroid dienone is 1. The summed E-state index contributed by atoms with van der Waals surface area (Å²) in [5.74, 6) is 0.179. The molecule has 1 atom stereocenters. The van der Waals surface area contributed by atoms with Crippen molar-refractivity contribution in [3.63, 3.8) is 0 Å². The molecule has 0 radical (unpaired) electrons. The summed E-state index contributed by atoms with van der Waals surface area (Å²) in [4.78, 5) is 32.6. The molecule has 43 heavy (non-hydrogen) atoms. The van der Waals surface area contributed by atoms with Crippen LogP contribution in [0.4, 0.5) is 0 Å². The lowest BCUT2D eigenvalue weighted by molar-refractivity contribution is -0.139. The molecule has 216 valence electrons. The van der Waals surface area contributed by atoms with Gasteiger partial charge in [-0.3, -0.25) is 9.36 Å². The minimum atomic E-state index is -0.702. The third kappa shape index (κ3) is 5.35. The number of rotatable bonds is 7. The quantitative estimate of drug-likeness (QED) is 0.250. The maximum absolute atomic E-state index is 14.2. The molecule has 0 saturated carbocycles. The Morgan fingerprint density at radius 2 is 1.72 bits per heavy atom. The maximum atomic E-state index is 14.2. The number of aromatic nitrogens is 3. The van der Waals surface area contributed by atoms with Crippen molar-refractivity contribution in [3.8, 4) is 22.7 Å². The van der Waals surface area contributed by atoms with Crippen molar-refractivity contribution in [3.05, 3.63) is 133 Å². The zero-order chi connectivity index (χ0) is 30.1. The summed E-state index contributed by atoms with van der Waals surface area (Å²) in [6.45, 7) is 5.79. The minimum absolute atomic E-state index is 0.211. The van der Waals surface area contributed by atoms with E-state index in [2.05, 4.69) is 0 Å². The largest absolute Gasteiger partial charge is 0.497 e.